The van der Waals surface area contributed by atoms with Gasteiger partial charge in [0.15, 0.2) is 5.69 Å². The zero-order valence-corrected chi connectivity index (χ0v) is 15.8. The molecule has 1 aromatic heterocycles. The van der Waals surface area contributed by atoms with Crippen molar-refractivity contribution in [3.8, 4) is 11.6 Å². The molecule has 3 aromatic carbocycles. The van der Waals surface area contributed by atoms with Crippen LogP contribution in [0.2, 0.25) is 0 Å². The molecule has 4 rings (SSSR count). The van der Waals surface area contributed by atoms with Gasteiger partial charge in [-0.2, -0.15) is 0 Å². The zero-order chi connectivity index (χ0) is 20.2. The maximum atomic E-state index is 12.4. The van der Waals surface area contributed by atoms with Crippen LogP contribution in [0.15, 0.2) is 89.1 Å². The molecule has 0 bridgehead atoms. The molecule has 4 aromatic rings. The van der Waals surface area contributed by atoms with Crippen molar-refractivity contribution in [3.63, 3.8) is 0 Å². The van der Waals surface area contributed by atoms with E-state index >= 15 is 0 Å². The lowest BCUT2D eigenvalue weighted by Crippen LogP contribution is -1.98. The number of aromatic hydroxyl groups is 1. The number of fused-ring (bicyclic) bond motifs is 1. The van der Waals surface area contributed by atoms with Gasteiger partial charge in [0.05, 0.1) is 19.2 Å². The summed E-state index contributed by atoms with van der Waals surface area (Å²) >= 11 is 0. The fraction of sp³-hybridized carbons (Fsp3) is 0.0870. The minimum atomic E-state index is -0.494. The summed E-state index contributed by atoms with van der Waals surface area (Å²) in [5, 5.41) is 19.4. The number of hydrogen-bond acceptors (Lipinski definition) is 4. The monoisotopic (exact) mass is 385 g/mol. The van der Waals surface area contributed by atoms with E-state index in [2.05, 4.69) is 10.2 Å². The molecule has 0 aliphatic heterocycles. The smallest absolute Gasteiger partial charge is 0.295 e. The number of para-hydroxylation sites is 1. The van der Waals surface area contributed by atoms with Crippen molar-refractivity contribution in [2.24, 2.45) is 10.2 Å². The number of nitrogens with zero attached hydrogens (tertiary/aromatic N) is 3. The fourth-order valence-corrected chi connectivity index (χ4v) is 3.18. The molecule has 1 heterocycles. The third-order valence-corrected chi connectivity index (χ3v) is 4.68. The molecule has 0 radical (unpaired) electrons. The molecule has 0 spiro atoms. The Morgan fingerprint density at radius 2 is 1.66 bits per heavy atom. The van der Waals surface area contributed by atoms with E-state index in [1.807, 2.05) is 54.6 Å². The summed E-state index contributed by atoms with van der Waals surface area (Å²) in [6, 6.07) is 24.0. The predicted molar refractivity (Wildman–Crippen MR) is 111 cm³/mol. The molecular weight excluding hydrogens is 366 g/mol. The summed E-state index contributed by atoms with van der Waals surface area (Å²) in [4.78, 5) is 12.4. The third-order valence-electron chi connectivity index (χ3n) is 4.68. The van der Waals surface area contributed by atoms with Crippen LogP contribution in [0.5, 0.6) is 11.6 Å². The molecule has 144 valence electrons. The average molecular weight is 385 g/mol. The van der Waals surface area contributed by atoms with Crippen LogP contribution in [0.25, 0.3) is 10.9 Å². The summed E-state index contributed by atoms with van der Waals surface area (Å²) in [6.07, 6.45) is 0. The predicted octanol–water partition coefficient (Wildman–Crippen LogP) is 5.33. The second-order valence-electron chi connectivity index (χ2n) is 6.49. The van der Waals surface area contributed by atoms with Crippen molar-refractivity contribution in [3.05, 3.63) is 90.0 Å². The van der Waals surface area contributed by atoms with E-state index < -0.39 is 5.91 Å². The third kappa shape index (κ3) is 3.73. The first-order chi connectivity index (χ1) is 14.2. The van der Waals surface area contributed by atoms with Gasteiger partial charge in [0.2, 0.25) is 5.88 Å². The Morgan fingerprint density at radius 1 is 0.966 bits per heavy atom. The highest BCUT2D eigenvalue weighted by atomic mass is 16.5. The maximum Gasteiger partial charge on any atom is 0.295 e. The molecule has 0 saturated carbocycles. The minimum absolute atomic E-state index is 0.0265. The molecule has 0 aliphatic rings. The number of ether oxygens (including phenoxy) is 1. The Labute approximate surface area is 167 Å². The molecule has 6 nitrogen and oxygen atoms in total. The molecule has 6 heteroatoms. The Balaban J connectivity index is 1.69. The summed E-state index contributed by atoms with van der Waals surface area (Å²) in [5.74, 6) is 0.133. The number of hydrogen-bond donors (Lipinski definition) is 1. The number of azo groups is 1. The standard InChI is InChI=1S/C23H19N3O3/c1-29-18-13-11-17(12-14-18)22(27)25-24-21-19-9-5-6-10-20(19)26(23(21)28)15-16-7-3-2-4-8-16/h2-14,28H,15H2,1H3. The average Bonchev–Trinajstić information content (AvgIpc) is 3.04. The highest BCUT2D eigenvalue weighted by molar-refractivity contribution is 5.97. The van der Waals surface area contributed by atoms with Crippen molar-refractivity contribution in [2.45, 2.75) is 6.54 Å². The van der Waals surface area contributed by atoms with Crippen LogP contribution >= 0.6 is 0 Å². The lowest BCUT2D eigenvalue weighted by atomic mass is 10.2. The molecule has 1 N–H and O–H groups in total. The molecule has 29 heavy (non-hydrogen) atoms. The molecular formula is C23H19N3O3. The van der Waals surface area contributed by atoms with Crippen LogP contribution in [-0.2, 0) is 6.54 Å². The van der Waals surface area contributed by atoms with Crippen LogP contribution in [0.1, 0.15) is 15.9 Å². The molecule has 0 saturated heterocycles. The van der Waals surface area contributed by atoms with Gasteiger partial charge >= 0.3 is 0 Å². The quantitative estimate of drug-likeness (QED) is 0.472. The lowest BCUT2D eigenvalue weighted by molar-refractivity contribution is 0.0995. The molecule has 0 fully saturated rings. The second kappa shape index (κ2) is 7.98. The van der Waals surface area contributed by atoms with Crippen LogP contribution in [-0.4, -0.2) is 22.7 Å². The van der Waals surface area contributed by atoms with Crippen LogP contribution < -0.4 is 4.74 Å². The minimum Gasteiger partial charge on any atom is -0.497 e. The van der Waals surface area contributed by atoms with E-state index in [0.717, 1.165) is 16.5 Å². The van der Waals surface area contributed by atoms with E-state index in [1.54, 1.807) is 35.9 Å². The number of rotatable bonds is 5. The number of carbonyl (C=O) groups is 1. The van der Waals surface area contributed by atoms with Crippen LogP contribution in [0, 0.1) is 0 Å². The van der Waals surface area contributed by atoms with Gasteiger partial charge in [-0.25, -0.2) is 0 Å². The van der Waals surface area contributed by atoms with Crippen molar-refractivity contribution in [1.82, 2.24) is 4.57 Å². The van der Waals surface area contributed by atoms with Crippen molar-refractivity contribution in [1.29, 1.82) is 0 Å². The highest BCUT2D eigenvalue weighted by Gasteiger charge is 2.17. The van der Waals surface area contributed by atoms with E-state index in [-0.39, 0.29) is 11.6 Å². The van der Waals surface area contributed by atoms with Crippen molar-refractivity contribution in [2.75, 3.05) is 7.11 Å². The normalized spacial score (nSPS) is 11.2. The van der Waals surface area contributed by atoms with Gasteiger partial charge in [-0.3, -0.25) is 4.79 Å². The number of amides is 1. The van der Waals surface area contributed by atoms with Gasteiger partial charge in [0.25, 0.3) is 5.91 Å². The molecule has 0 unspecified atom stereocenters. The summed E-state index contributed by atoms with van der Waals surface area (Å²) in [6.45, 7) is 0.481. The first kappa shape index (κ1) is 18.4. The Kier molecular flexibility index (Phi) is 5.07. The van der Waals surface area contributed by atoms with Gasteiger partial charge < -0.3 is 14.4 Å². The number of aromatic nitrogens is 1. The zero-order valence-electron chi connectivity index (χ0n) is 15.8. The molecule has 1 amide bonds. The van der Waals surface area contributed by atoms with Crippen LogP contribution in [0.3, 0.4) is 0 Å². The second-order valence-corrected chi connectivity index (χ2v) is 6.49. The summed E-state index contributed by atoms with van der Waals surface area (Å²) in [5.41, 5.74) is 2.53. The Morgan fingerprint density at radius 3 is 2.38 bits per heavy atom. The van der Waals surface area contributed by atoms with E-state index in [0.29, 0.717) is 17.9 Å². The number of methoxy groups -OCH3 is 1. The van der Waals surface area contributed by atoms with Gasteiger partial charge in [-0.1, -0.05) is 48.5 Å². The van der Waals surface area contributed by atoms with Gasteiger partial charge in [0.1, 0.15) is 5.75 Å². The SMILES string of the molecule is COc1ccc(C(=O)N=Nc2c(O)n(Cc3ccccc3)c3ccccc23)cc1. The molecule has 0 aliphatic carbocycles. The maximum absolute atomic E-state index is 12.4. The number of benzene rings is 3. The molecule has 0 atom stereocenters. The van der Waals surface area contributed by atoms with Gasteiger partial charge in [-0.05, 0) is 35.9 Å². The van der Waals surface area contributed by atoms with E-state index in [9.17, 15) is 9.90 Å². The summed E-state index contributed by atoms with van der Waals surface area (Å²) < 4.78 is 6.85. The van der Waals surface area contributed by atoms with Gasteiger partial charge in [-0.15, -0.1) is 10.2 Å². The largest absolute Gasteiger partial charge is 0.497 e. The van der Waals surface area contributed by atoms with Gasteiger partial charge in [0, 0.05) is 10.9 Å². The first-order valence-corrected chi connectivity index (χ1v) is 9.11. The summed E-state index contributed by atoms with van der Waals surface area (Å²) in [7, 11) is 1.56. The highest BCUT2D eigenvalue weighted by Crippen LogP contribution is 2.39. The number of carbonyl (C=O) groups excluding carboxylic acids is 1. The van der Waals surface area contributed by atoms with E-state index in [1.165, 1.54) is 0 Å². The van der Waals surface area contributed by atoms with E-state index in [4.69, 9.17) is 4.74 Å². The van der Waals surface area contributed by atoms with Crippen molar-refractivity contribution < 1.29 is 14.6 Å². The Bertz CT molecular complexity index is 1180. The Hall–Kier alpha value is -3.93. The first-order valence-electron chi connectivity index (χ1n) is 9.11. The van der Waals surface area contributed by atoms with Crippen LogP contribution in [0.4, 0.5) is 5.69 Å². The topological polar surface area (TPSA) is 76.2 Å². The lowest BCUT2D eigenvalue weighted by Gasteiger charge is -2.06. The van der Waals surface area contributed by atoms with Crippen molar-refractivity contribution >= 4 is 22.5 Å². The fourth-order valence-electron chi connectivity index (χ4n) is 3.18.